The molecule has 0 atom stereocenters. The summed E-state index contributed by atoms with van der Waals surface area (Å²) in [5, 5.41) is 6.86. The molecule has 0 radical (unpaired) electrons. The number of nitrogens with zero attached hydrogens (tertiary/aromatic N) is 2. The summed E-state index contributed by atoms with van der Waals surface area (Å²) in [5.41, 5.74) is -0.212. The van der Waals surface area contributed by atoms with Gasteiger partial charge in [0.05, 0.1) is 22.6 Å². The summed E-state index contributed by atoms with van der Waals surface area (Å²) >= 11 is 5.69. The molecule has 32 heavy (non-hydrogen) atoms. The Labute approximate surface area is 184 Å². The highest BCUT2D eigenvalue weighted by molar-refractivity contribution is 6.30. The normalized spacial score (nSPS) is 30.8. The average molecular weight is 476 g/mol. The lowest BCUT2D eigenvalue weighted by atomic mass is 9.39. The van der Waals surface area contributed by atoms with E-state index in [0.717, 1.165) is 0 Å². The zero-order valence-electron chi connectivity index (χ0n) is 16.5. The van der Waals surface area contributed by atoms with E-state index in [9.17, 15) is 22.4 Å². The number of ether oxygens (including phenoxy) is 2. The third kappa shape index (κ3) is 3.97. The molecule has 4 fully saturated rings. The largest absolute Gasteiger partial charge is 0.522 e. The number of hydrogen-bond donors (Lipinski definition) is 1. The molecule has 1 aromatic carbocycles. The van der Waals surface area contributed by atoms with Crippen LogP contribution in [-0.2, 0) is 19.7 Å². The fourth-order valence-corrected chi connectivity index (χ4v) is 4.92. The minimum Gasteiger partial charge on any atom is -0.368 e. The molecule has 2 bridgehead atoms. The third-order valence-electron chi connectivity index (χ3n) is 6.29. The Bertz CT molecular complexity index is 1030. The van der Waals surface area contributed by atoms with Crippen molar-refractivity contribution in [1.29, 1.82) is 0 Å². The third-order valence-corrected chi connectivity index (χ3v) is 6.60. The summed E-state index contributed by atoms with van der Waals surface area (Å²) in [6.07, 6.45) is -3.87. The van der Waals surface area contributed by atoms with Gasteiger partial charge in [-0.05, 0) is 37.5 Å². The van der Waals surface area contributed by atoms with E-state index < -0.39 is 24.4 Å². The highest BCUT2D eigenvalue weighted by Gasteiger charge is 2.72. The SMILES string of the molecule is O=C(CO[C@H]1C[C@@H](OC(F)(F)F)C1)NC12CC(c3nc(-c4ccc(Cl)c(F)c4)no3)(C1)C2. The van der Waals surface area contributed by atoms with Gasteiger partial charge in [0, 0.05) is 23.9 Å². The van der Waals surface area contributed by atoms with E-state index in [4.69, 9.17) is 20.9 Å². The molecular formula is C20H18ClF4N3O4. The predicted octanol–water partition coefficient (Wildman–Crippen LogP) is 3.90. The smallest absolute Gasteiger partial charge is 0.368 e. The molecule has 4 saturated carbocycles. The summed E-state index contributed by atoms with van der Waals surface area (Å²) < 4.78 is 64.6. The van der Waals surface area contributed by atoms with Gasteiger partial charge in [-0.15, -0.1) is 13.2 Å². The molecular weight excluding hydrogens is 458 g/mol. The maximum Gasteiger partial charge on any atom is 0.522 e. The lowest BCUT2D eigenvalue weighted by Crippen LogP contribution is -2.77. The molecule has 172 valence electrons. The van der Waals surface area contributed by atoms with Gasteiger partial charge >= 0.3 is 6.36 Å². The van der Waals surface area contributed by atoms with Gasteiger partial charge in [-0.2, -0.15) is 4.98 Å². The first-order valence-corrected chi connectivity index (χ1v) is 10.4. The lowest BCUT2D eigenvalue weighted by molar-refractivity contribution is -0.357. The number of alkyl halides is 3. The Morgan fingerprint density at radius 2 is 1.97 bits per heavy atom. The van der Waals surface area contributed by atoms with Crippen molar-refractivity contribution in [3.63, 3.8) is 0 Å². The first-order chi connectivity index (χ1) is 15.0. The number of carbonyl (C=O) groups is 1. The van der Waals surface area contributed by atoms with Gasteiger partial charge in [0.25, 0.3) is 0 Å². The van der Waals surface area contributed by atoms with Gasteiger partial charge in [-0.25, -0.2) is 4.39 Å². The minimum atomic E-state index is -4.66. The van der Waals surface area contributed by atoms with Crippen molar-refractivity contribution in [3.05, 3.63) is 34.9 Å². The second-order valence-electron chi connectivity index (χ2n) is 8.78. The van der Waals surface area contributed by atoms with Crippen molar-refractivity contribution in [2.45, 2.75) is 61.6 Å². The van der Waals surface area contributed by atoms with Gasteiger partial charge in [-0.3, -0.25) is 9.53 Å². The van der Waals surface area contributed by atoms with Crippen molar-refractivity contribution < 1.29 is 36.4 Å². The summed E-state index contributed by atoms with van der Waals surface area (Å²) in [5.74, 6) is -0.183. The quantitative estimate of drug-likeness (QED) is 0.611. The van der Waals surface area contributed by atoms with Crippen LogP contribution >= 0.6 is 11.6 Å². The van der Waals surface area contributed by atoms with Crippen LogP contribution in [0.3, 0.4) is 0 Å². The molecule has 4 aliphatic rings. The van der Waals surface area contributed by atoms with Crippen LogP contribution in [0.15, 0.2) is 22.7 Å². The molecule has 4 aliphatic carbocycles. The van der Waals surface area contributed by atoms with Crippen LogP contribution in [0.2, 0.25) is 5.02 Å². The molecule has 12 heteroatoms. The van der Waals surface area contributed by atoms with Crippen LogP contribution in [0.25, 0.3) is 11.4 Å². The second-order valence-corrected chi connectivity index (χ2v) is 9.19. The number of amides is 1. The Morgan fingerprint density at radius 1 is 1.25 bits per heavy atom. The fraction of sp³-hybridized carbons (Fsp3) is 0.550. The summed E-state index contributed by atoms with van der Waals surface area (Å²) in [4.78, 5) is 16.6. The first-order valence-electron chi connectivity index (χ1n) is 10.0. The average Bonchev–Trinajstić information content (AvgIpc) is 3.10. The molecule has 0 unspecified atom stereocenters. The Morgan fingerprint density at radius 3 is 2.62 bits per heavy atom. The number of hydrogen-bond acceptors (Lipinski definition) is 6. The topological polar surface area (TPSA) is 86.5 Å². The molecule has 0 spiro atoms. The number of rotatable bonds is 7. The highest BCUT2D eigenvalue weighted by atomic mass is 35.5. The number of carbonyl (C=O) groups excluding carboxylic acids is 1. The van der Waals surface area contributed by atoms with Crippen LogP contribution in [0.4, 0.5) is 17.6 Å². The zero-order valence-corrected chi connectivity index (χ0v) is 17.3. The predicted molar refractivity (Wildman–Crippen MR) is 101 cm³/mol. The number of aromatic nitrogens is 2. The standard InChI is InChI=1S/C20H18ClF4N3O4/c21-13-2-1-10(3-14(13)22)16-26-17(32-28-16)18-7-19(8-18,9-18)27-15(29)6-30-11-4-12(5-11)31-20(23,24)25/h1-3,11-12H,4-9H2,(H,27,29)/t11-,12+,18?,19?. The summed E-state index contributed by atoms with van der Waals surface area (Å²) in [6.45, 7) is -0.217. The Kier molecular flexibility index (Phi) is 4.99. The van der Waals surface area contributed by atoms with E-state index in [1.807, 2.05) is 0 Å². The maximum atomic E-state index is 13.7. The van der Waals surface area contributed by atoms with Gasteiger partial charge in [-0.1, -0.05) is 16.8 Å². The van der Waals surface area contributed by atoms with Crippen LogP contribution in [0, 0.1) is 5.82 Å². The van der Waals surface area contributed by atoms with Gasteiger partial charge in [0.15, 0.2) is 0 Å². The molecule has 1 heterocycles. The monoisotopic (exact) mass is 475 g/mol. The van der Waals surface area contributed by atoms with E-state index in [2.05, 4.69) is 20.2 Å². The van der Waals surface area contributed by atoms with Crippen LogP contribution in [-0.4, -0.2) is 46.8 Å². The van der Waals surface area contributed by atoms with Crippen molar-refractivity contribution >= 4 is 17.5 Å². The van der Waals surface area contributed by atoms with E-state index in [1.165, 1.54) is 12.1 Å². The van der Waals surface area contributed by atoms with Crippen LogP contribution in [0.1, 0.15) is 38.0 Å². The summed E-state index contributed by atoms with van der Waals surface area (Å²) in [6, 6.07) is 4.26. The van der Waals surface area contributed by atoms with Crippen molar-refractivity contribution in [1.82, 2.24) is 15.5 Å². The van der Waals surface area contributed by atoms with Crippen molar-refractivity contribution in [2.24, 2.45) is 0 Å². The van der Waals surface area contributed by atoms with Crippen molar-refractivity contribution in [2.75, 3.05) is 6.61 Å². The first kappa shape index (κ1) is 21.6. The van der Waals surface area contributed by atoms with E-state index >= 15 is 0 Å². The van der Waals surface area contributed by atoms with Gasteiger partial charge in [0.2, 0.25) is 17.6 Å². The highest BCUT2D eigenvalue weighted by Crippen LogP contribution is 2.67. The van der Waals surface area contributed by atoms with Crippen LogP contribution < -0.4 is 5.32 Å². The molecule has 6 rings (SSSR count). The minimum absolute atomic E-state index is 0.00493. The molecule has 1 N–H and O–H groups in total. The van der Waals surface area contributed by atoms with Crippen LogP contribution in [0.5, 0.6) is 0 Å². The van der Waals surface area contributed by atoms with E-state index in [-0.39, 0.29) is 47.2 Å². The number of halogens is 5. The Hall–Kier alpha value is -2.24. The zero-order chi connectivity index (χ0) is 22.7. The number of nitrogens with one attached hydrogen (secondary N) is 1. The Balaban J connectivity index is 1.08. The lowest BCUT2D eigenvalue weighted by Gasteiger charge is -2.68. The summed E-state index contributed by atoms with van der Waals surface area (Å²) in [7, 11) is 0. The molecule has 7 nitrogen and oxygen atoms in total. The van der Waals surface area contributed by atoms with E-state index in [0.29, 0.717) is 30.7 Å². The van der Waals surface area contributed by atoms with Gasteiger partial charge in [0.1, 0.15) is 12.4 Å². The molecule has 2 aromatic rings. The maximum absolute atomic E-state index is 13.7. The second kappa shape index (κ2) is 7.39. The number of benzene rings is 1. The molecule has 0 saturated heterocycles. The van der Waals surface area contributed by atoms with Crippen molar-refractivity contribution in [3.8, 4) is 11.4 Å². The van der Waals surface area contributed by atoms with E-state index in [1.54, 1.807) is 6.07 Å². The molecule has 1 amide bonds. The molecule has 0 aliphatic heterocycles. The van der Waals surface area contributed by atoms with Gasteiger partial charge < -0.3 is 14.6 Å². The fourth-order valence-electron chi connectivity index (χ4n) is 4.80. The molecule has 1 aromatic heterocycles.